The molecule has 0 spiro atoms. The first-order valence-electron chi connectivity index (χ1n) is 24.9. The number of fused-ring (bicyclic) bond motifs is 6. The molecule has 0 bridgehead atoms. The lowest BCUT2D eigenvalue weighted by atomic mass is 9.90. The number of allylic oxidation sites excluding steroid dienone is 4. The second-order valence-electron chi connectivity index (χ2n) is 17.7. The highest BCUT2D eigenvalue weighted by atomic mass is 16.7. The van der Waals surface area contributed by atoms with Crippen molar-refractivity contribution in [1.82, 2.24) is 5.32 Å². The molecule has 0 saturated heterocycles. The topological polar surface area (TPSA) is 243 Å². The number of hydrogen-bond acceptors (Lipinski definition) is 15. The highest BCUT2D eigenvalue weighted by molar-refractivity contribution is 6.51. The zero-order valence-corrected chi connectivity index (χ0v) is 43.2. The first kappa shape index (κ1) is 60.3. The Hall–Kier alpha value is -9.91. The Kier molecular flexibility index (Phi) is 20.9. The average molecular weight is 1100 g/mol. The fraction of sp³-hybridized carbons (Fsp3) is 0.190. The van der Waals surface area contributed by atoms with Crippen LogP contribution in [0.25, 0.3) is 23.8 Å². The van der Waals surface area contributed by atoms with Crippen LogP contribution in [-0.4, -0.2) is 79.4 Å². The Morgan fingerprint density at radius 3 is 1.49 bits per heavy atom. The fourth-order valence-electron chi connectivity index (χ4n) is 8.23. The lowest BCUT2D eigenvalue weighted by Crippen LogP contribution is -2.36. The van der Waals surface area contributed by atoms with E-state index in [-0.39, 0.29) is 64.9 Å². The van der Waals surface area contributed by atoms with Crippen molar-refractivity contribution in [2.24, 2.45) is 0 Å². The van der Waals surface area contributed by atoms with E-state index in [1.54, 1.807) is 103 Å². The van der Waals surface area contributed by atoms with Crippen molar-refractivity contribution in [3.63, 3.8) is 0 Å². The lowest BCUT2D eigenvalue weighted by Gasteiger charge is -2.18. The van der Waals surface area contributed by atoms with Gasteiger partial charge in [-0.3, -0.25) is 33.6 Å². The molecule has 0 radical (unpaired) electrons. The van der Waals surface area contributed by atoms with E-state index >= 15 is 0 Å². The Bertz CT molecular complexity index is 3470. The number of hydrogen-bond donors (Lipinski definition) is 5. The molecule has 0 aromatic heterocycles. The summed E-state index contributed by atoms with van der Waals surface area (Å²) in [6.07, 6.45) is 10.4. The van der Waals surface area contributed by atoms with E-state index in [2.05, 4.69) is 35.1 Å². The summed E-state index contributed by atoms with van der Waals surface area (Å²) in [5, 5.41) is 21.6. The van der Waals surface area contributed by atoms with Gasteiger partial charge in [0.05, 0.1) is 23.2 Å². The summed E-state index contributed by atoms with van der Waals surface area (Å²) in [5.74, 6) is 1.72. The molecule has 81 heavy (non-hydrogen) atoms. The van der Waals surface area contributed by atoms with E-state index in [1.165, 1.54) is 31.2 Å². The average Bonchev–Trinajstić information content (AvgIpc) is 4.41. The maximum Gasteiger partial charge on any atom is 0.296 e. The minimum absolute atomic E-state index is 0. The quantitative estimate of drug-likeness (QED) is 0.0599. The highest BCUT2D eigenvalue weighted by Gasteiger charge is 2.46. The van der Waals surface area contributed by atoms with Crippen LogP contribution in [0.15, 0.2) is 152 Å². The van der Waals surface area contributed by atoms with Gasteiger partial charge in [-0.2, -0.15) is 0 Å². The normalized spacial score (nSPS) is 16.1. The van der Waals surface area contributed by atoms with Crippen LogP contribution in [-0.2, 0) is 34.4 Å². The molecule has 0 fully saturated rings. The molecular formula is C63H62N4O14. The highest BCUT2D eigenvalue weighted by Crippen LogP contribution is 2.39. The summed E-state index contributed by atoms with van der Waals surface area (Å²) < 4.78 is 31.4. The van der Waals surface area contributed by atoms with Gasteiger partial charge in [-0.05, 0) is 122 Å². The minimum Gasteiger partial charge on any atom is -0.454 e. The molecule has 6 aliphatic rings. The number of nitrogens with one attached hydrogen (secondary N) is 4. The van der Waals surface area contributed by atoms with E-state index < -0.39 is 23.2 Å². The van der Waals surface area contributed by atoms with Gasteiger partial charge in [0, 0.05) is 22.5 Å². The second-order valence-corrected chi connectivity index (χ2v) is 17.7. The molecule has 418 valence electrons. The van der Waals surface area contributed by atoms with Crippen molar-refractivity contribution >= 4 is 81.7 Å². The smallest absolute Gasteiger partial charge is 0.296 e. The summed E-state index contributed by atoms with van der Waals surface area (Å²) in [6, 6.07) is 37.3. The van der Waals surface area contributed by atoms with E-state index in [4.69, 9.17) is 28.4 Å². The first-order chi connectivity index (χ1) is 38.2. The first-order valence-corrected chi connectivity index (χ1v) is 24.9. The monoisotopic (exact) mass is 1100 g/mol. The largest absolute Gasteiger partial charge is 0.454 e. The molecule has 18 nitrogen and oxygen atoms in total. The molecule has 1 unspecified atom stereocenters. The van der Waals surface area contributed by atoms with Crippen LogP contribution in [0.5, 0.6) is 34.5 Å². The van der Waals surface area contributed by atoms with Gasteiger partial charge in [0.1, 0.15) is 0 Å². The zero-order chi connectivity index (χ0) is 55.9. The Balaban J connectivity index is 0.000000175. The predicted molar refractivity (Wildman–Crippen MR) is 309 cm³/mol. The summed E-state index contributed by atoms with van der Waals surface area (Å²) in [7, 11) is 0. The maximum absolute atomic E-state index is 12.3. The van der Waals surface area contributed by atoms with Gasteiger partial charge in [-0.15, -0.1) is 0 Å². The van der Waals surface area contributed by atoms with Crippen LogP contribution < -0.4 is 49.7 Å². The Morgan fingerprint density at radius 1 is 0.543 bits per heavy atom. The number of carbonyl (C=O) groups is 7. The van der Waals surface area contributed by atoms with Crippen molar-refractivity contribution in [3.8, 4) is 34.5 Å². The Morgan fingerprint density at radius 2 is 0.988 bits per heavy atom. The molecule has 5 N–H and O–H groups in total. The zero-order valence-electron chi connectivity index (χ0n) is 43.2. The van der Waals surface area contributed by atoms with Gasteiger partial charge in [0.2, 0.25) is 20.4 Å². The molecule has 3 amide bonds. The number of para-hydroxylation sites is 3. The predicted octanol–water partition coefficient (Wildman–Crippen LogP) is 9.99. The van der Waals surface area contributed by atoms with Crippen molar-refractivity contribution in [2.75, 3.05) is 49.4 Å². The lowest BCUT2D eigenvalue weighted by molar-refractivity contribution is -0.138. The van der Waals surface area contributed by atoms with Crippen LogP contribution in [0.4, 0.5) is 17.1 Å². The molecule has 6 aromatic carbocycles. The maximum atomic E-state index is 12.3. The van der Waals surface area contributed by atoms with Gasteiger partial charge in [-0.1, -0.05) is 114 Å². The number of rotatable bonds is 11. The number of carbonyl (C=O) groups excluding carboxylic acids is 7. The third-order valence-electron chi connectivity index (χ3n) is 12.2. The van der Waals surface area contributed by atoms with Crippen LogP contribution in [0, 0.1) is 0 Å². The number of ketones is 4. The summed E-state index contributed by atoms with van der Waals surface area (Å²) in [5.41, 5.74) is 4.56. The molecule has 0 aliphatic carbocycles. The molecule has 6 aliphatic heterocycles. The number of Topliss-reactive ketones (excluding diaryl/α,β-unsaturated/α-hetero) is 1. The van der Waals surface area contributed by atoms with Crippen LogP contribution in [0.1, 0.15) is 80.2 Å². The van der Waals surface area contributed by atoms with Gasteiger partial charge in [-0.25, -0.2) is 0 Å². The minimum atomic E-state index is -1.84. The number of aliphatic hydroxyl groups is 1. The van der Waals surface area contributed by atoms with Crippen molar-refractivity contribution < 1.29 is 67.1 Å². The molecule has 18 heteroatoms. The third-order valence-corrected chi connectivity index (χ3v) is 12.2. The molecule has 6 aromatic rings. The second kappa shape index (κ2) is 28.1. The molecule has 12 rings (SSSR count). The molecular weight excluding hydrogens is 1040 g/mol. The van der Waals surface area contributed by atoms with Crippen LogP contribution >= 0.6 is 0 Å². The fourth-order valence-corrected chi connectivity index (χ4v) is 8.23. The third kappa shape index (κ3) is 15.2. The summed E-state index contributed by atoms with van der Waals surface area (Å²) in [4.78, 5) is 81.0. The van der Waals surface area contributed by atoms with E-state index in [0.29, 0.717) is 51.1 Å². The van der Waals surface area contributed by atoms with Crippen molar-refractivity contribution in [1.29, 1.82) is 0 Å². The van der Waals surface area contributed by atoms with Crippen LogP contribution in [0.2, 0.25) is 0 Å². The molecule has 1 atom stereocenters. The number of anilines is 3. The van der Waals surface area contributed by atoms with Crippen molar-refractivity contribution in [3.05, 3.63) is 185 Å². The van der Waals surface area contributed by atoms with E-state index in [9.17, 15) is 38.7 Å². The summed E-state index contributed by atoms with van der Waals surface area (Å²) in [6.45, 7) is 8.57. The standard InChI is InChI=1S/C19H15NO5.C19H13NO4.C11H10O3.C8H5NO2.C4H11N.2CH4/c21-13(7-5-12-6-8-16-17(9-12)25-11-24-16)10-19(23)14-3-1-2-4-15(14)20-18(19)22;21-13(7-5-12-6-8-17-18(9-12)24-11-23-17)10-15-14-3-1-2-4-16(14)20-19(15)22;1-8(12)2-3-9-4-5-10-11(6-9)14-7-13-10;10-7-5-3-1-2-4-6(5)9-8(7)11;1-3-5-4-2;;/h1-9,23H,10-11H2,(H,20,22);1-10H,11H2,(H,20,22);2-6H,7H2,1H3;1-4H,(H,9,10,11);5H,3-4H2,1-2H3;2*1H4/b7-5+;7-5+,15-10+;3-2+;;;;. The van der Waals surface area contributed by atoms with Crippen molar-refractivity contribution in [2.45, 2.75) is 47.6 Å². The van der Waals surface area contributed by atoms with E-state index in [0.717, 1.165) is 52.5 Å². The van der Waals surface area contributed by atoms with E-state index in [1.807, 2.05) is 42.5 Å². The molecule has 6 heterocycles. The van der Waals surface area contributed by atoms with Gasteiger partial charge < -0.3 is 54.8 Å². The number of amides is 3. The summed E-state index contributed by atoms with van der Waals surface area (Å²) >= 11 is 0. The number of ether oxygens (including phenoxy) is 6. The van der Waals surface area contributed by atoms with Gasteiger partial charge >= 0.3 is 0 Å². The van der Waals surface area contributed by atoms with Crippen LogP contribution in [0.3, 0.4) is 0 Å². The van der Waals surface area contributed by atoms with Gasteiger partial charge in [0.25, 0.3) is 23.5 Å². The number of benzene rings is 6. The van der Waals surface area contributed by atoms with Gasteiger partial charge in [0.15, 0.2) is 57.4 Å². The SMILES string of the molecule is C.C.CC(=O)/C=C/c1ccc2c(c1)OCO2.CCNCC.O=C(/C=C/c1ccc2c(c1)OCO2)/C=C1/C(=O)Nc2ccccc21.O=C(/C=C/c1ccc2c(c1)OCO2)CC1(O)C(=O)Nc2ccccc21.O=C1Nc2ccccc2C1=O. The molecule has 0 saturated carbocycles. The Labute approximate surface area is 469 Å².